The molecule has 5 nitrogen and oxygen atoms in total. The molecule has 5 heteroatoms. The average molecular weight is 379 g/mol. The molecule has 0 saturated carbocycles. The van der Waals surface area contributed by atoms with E-state index in [9.17, 15) is 5.11 Å². The van der Waals surface area contributed by atoms with E-state index in [-0.39, 0.29) is 11.5 Å². The van der Waals surface area contributed by atoms with Gasteiger partial charge in [-0.05, 0) is 30.2 Å². The maximum Gasteiger partial charge on any atom is 0.166 e. The van der Waals surface area contributed by atoms with Gasteiger partial charge < -0.3 is 24.2 Å². The summed E-state index contributed by atoms with van der Waals surface area (Å²) < 4.78 is 17.4. The number of methoxy groups -OCH3 is 2. The molecule has 1 spiro atoms. The lowest BCUT2D eigenvalue weighted by molar-refractivity contribution is 0.0856. The van der Waals surface area contributed by atoms with Crippen LogP contribution in [0.5, 0.6) is 17.2 Å². The van der Waals surface area contributed by atoms with Crippen molar-refractivity contribution in [1.82, 2.24) is 0 Å². The van der Waals surface area contributed by atoms with Gasteiger partial charge >= 0.3 is 0 Å². The standard InChI is InChI=1S/C23H25NO4/c1-26-18-5-3-4-16(12-18)24-11-10-23-9-8-17(25)13-20(23)28-22-19(27-2)7-6-15(14-24)21(22)23/h3-9,12,17,20,25H,10-11,13-14H2,1-2H3/t17-,20-,23-/m0/s1. The number of rotatable bonds is 3. The first-order valence-corrected chi connectivity index (χ1v) is 9.78. The SMILES string of the molecule is COc1cccc(N2CC[C@@]34C=C[C@H](O)C[C@@H]3Oc3c(OC)ccc(c34)C2)c1. The Balaban J connectivity index is 1.63. The van der Waals surface area contributed by atoms with Gasteiger partial charge in [-0.3, -0.25) is 0 Å². The molecule has 0 amide bonds. The molecule has 2 aliphatic heterocycles. The molecule has 146 valence electrons. The number of aliphatic hydroxyl groups is 1. The fourth-order valence-electron chi connectivity index (χ4n) is 4.96. The Hall–Kier alpha value is -2.66. The third kappa shape index (κ3) is 2.49. The predicted molar refractivity (Wildman–Crippen MR) is 108 cm³/mol. The molecule has 1 N–H and O–H groups in total. The highest BCUT2D eigenvalue weighted by atomic mass is 16.5. The van der Waals surface area contributed by atoms with E-state index < -0.39 is 6.10 Å². The van der Waals surface area contributed by atoms with E-state index in [1.165, 1.54) is 11.1 Å². The predicted octanol–water partition coefficient (Wildman–Crippen LogP) is 3.43. The molecule has 28 heavy (non-hydrogen) atoms. The summed E-state index contributed by atoms with van der Waals surface area (Å²) in [5.41, 5.74) is 3.41. The van der Waals surface area contributed by atoms with Crippen LogP contribution in [0.1, 0.15) is 24.0 Å². The minimum Gasteiger partial charge on any atom is -0.497 e. The summed E-state index contributed by atoms with van der Waals surface area (Å²) in [6, 6.07) is 12.4. The normalized spacial score (nSPS) is 27.5. The fraction of sp³-hybridized carbons (Fsp3) is 0.391. The number of anilines is 1. The van der Waals surface area contributed by atoms with Crippen molar-refractivity contribution in [3.63, 3.8) is 0 Å². The molecule has 0 bridgehead atoms. The van der Waals surface area contributed by atoms with Crippen LogP contribution in [0, 0.1) is 0 Å². The van der Waals surface area contributed by atoms with Crippen molar-refractivity contribution in [2.75, 3.05) is 25.7 Å². The van der Waals surface area contributed by atoms with E-state index in [1.807, 2.05) is 24.3 Å². The Morgan fingerprint density at radius 2 is 2.07 bits per heavy atom. The summed E-state index contributed by atoms with van der Waals surface area (Å²) >= 11 is 0. The lowest BCUT2D eigenvalue weighted by Crippen LogP contribution is -2.43. The smallest absolute Gasteiger partial charge is 0.166 e. The molecule has 2 heterocycles. The summed E-state index contributed by atoms with van der Waals surface area (Å²) in [4.78, 5) is 2.40. The quantitative estimate of drug-likeness (QED) is 0.828. The van der Waals surface area contributed by atoms with Gasteiger partial charge in [-0.2, -0.15) is 0 Å². The molecule has 2 aromatic carbocycles. The Labute approximate surface area is 165 Å². The number of ether oxygens (including phenoxy) is 3. The molecule has 2 aromatic rings. The first-order chi connectivity index (χ1) is 13.6. The summed E-state index contributed by atoms with van der Waals surface area (Å²) in [6.07, 6.45) is 5.10. The zero-order chi connectivity index (χ0) is 19.3. The zero-order valence-electron chi connectivity index (χ0n) is 16.2. The summed E-state index contributed by atoms with van der Waals surface area (Å²) in [5, 5.41) is 10.2. The summed E-state index contributed by atoms with van der Waals surface area (Å²) in [5.74, 6) is 2.47. The summed E-state index contributed by atoms with van der Waals surface area (Å²) in [6.45, 7) is 1.69. The van der Waals surface area contributed by atoms with Crippen LogP contribution in [0.25, 0.3) is 0 Å². The van der Waals surface area contributed by atoms with Gasteiger partial charge in [-0.1, -0.05) is 24.3 Å². The van der Waals surface area contributed by atoms with Gasteiger partial charge in [0.1, 0.15) is 11.9 Å². The Kier molecular flexibility index (Phi) is 4.02. The average Bonchev–Trinajstić information content (AvgIpc) is 2.95. The maximum atomic E-state index is 10.2. The zero-order valence-corrected chi connectivity index (χ0v) is 16.2. The maximum absolute atomic E-state index is 10.2. The second-order valence-corrected chi connectivity index (χ2v) is 7.81. The highest BCUT2D eigenvalue weighted by molar-refractivity contribution is 5.63. The van der Waals surface area contributed by atoms with Gasteiger partial charge in [-0.15, -0.1) is 0 Å². The molecular formula is C23H25NO4. The van der Waals surface area contributed by atoms with Gasteiger partial charge in [0.25, 0.3) is 0 Å². The molecular weight excluding hydrogens is 354 g/mol. The molecule has 1 aliphatic carbocycles. The molecule has 0 fully saturated rings. The summed E-state index contributed by atoms with van der Waals surface area (Å²) in [7, 11) is 3.38. The monoisotopic (exact) mass is 379 g/mol. The van der Waals surface area contributed by atoms with Crippen LogP contribution in [0.3, 0.4) is 0 Å². The van der Waals surface area contributed by atoms with E-state index in [2.05, 4.69) is 29.2 Å². The first kappa shape index (κ1) is 17.4. The van der Waals surface area contributed by atoms with Crippen molar-refractivity contribution in [2.24, 2.45) is 0 Å². The van der Waals surface area contributed by atoms with Crippen LogP contribution in [-0.4, -0.2) is 38.1 Å². The van der Waals surface area contributed by atoms with Crippen LogP contribution < -0.4 is 19.1 Å². The molecule has 3 aliphatic rings. The number of hydrogen-bond donors (Lipinski definition) is 1. The van der Waals surface area contributed by atoms with Crippen LogP contribution in [0.4, 0.5) is 5.69 Å². The molecule has 0 aromatic heterocycles. The topological polar surface area (TPSA) is 51.2 Å². The van der Waals surface area contributed by atoms with E-state index in [4.69, 9.17) is 14.2 Å². The number of aliphatic hydroxyl groups excluding tert-OH is 1. The minimum absolute atomic E-state index is 0.0668. The van der Waals surface area contributed by atoms with Gasteiger partial charge in [0.15, 0.2) is 11.5 Å². The lowest BCUT2D eigenvalue weighted by Gasteiger charge is -2.36. The molecule has 0 unspecified atom stereocenters. The highest BCUT2D eigenvalue weighted by Gasteiger charge is 2.52. The van der Waals surface area contributed by atoms with Crippen molar-refractivity contribution >= 4 is 5.69 Å². The van der Waals surface area contributed by atoms with Crippen molar-refractivity contribution in [1.29, 1.82) is 0 Å². The molecule has 3 atom stereocenters. The van der Waals surface area contributed by atoms with E-state index in [1.54, 1.807) is 14.2 Å². The van der Waals surface area contributed by atoms with Crippen molar-refractivity contribution in [2.45, 2.75) is 37.0 Å². The van der Waals surface area contributed by atoms with E-state index in [0.717, 1.165) is 42.4 Å². The van der Waals surface area contributed by atoms with Crippen LogP contribution in [0.15, 0.2) is 48.6 Å². The second-order valence-electron chi connectivity index (χ2n) is 7.81. The van der Waals surface area contributed by atoms with Crippen LogP contribution >= 0.6 is 0 Å². The van der Waals surface area contributed by atoms with Gasteiger partial charge in [0.05, 0.1) is 25.7 Å². The second kappa shape index (κ2) is 6.45. The van der Waals surface area contributed by atoms with Crippen molar-refractivity contribution in [3.05, 3.63) is 59.7 Å². The van der Waals surface area contributed by atoms with Gasteiger partial charge in [0, 0.05) is 36.8 Å². The Morgan fingerprint density at radius 3 is 2.89 bits per heavy atom. The lowest BCUT2D eigenvalue weighted by atomic mass is 9.69. The van der Waals surface area contributed by atoms with E-state index >= 15 is 0 Å². The molecule has 0 saturated heterocycles. The van der Waals surface area contributed by atoms with Crippen molar-refractivity contribution in [3.8, 4) is 17.2 Å². The third-order valence-electron chi connectivity index (χ3n) is 6.37. The molecule has 0 radical (unpaired) electrons. The molecule has 5 rings (SSSR count). The minimum atomic E-state index is -0.461. The third-order valence-corrected chi connectivity index (χ3v) is 6.37. The fourth-order valence-corrected chi connectivity index (χ4v) is 4.96. The number of hydrogen-bond acceptors (Lipinski definition) is 5. The highest BCUT2D eigenvalue weighted by Crippen LogP contribution is 2.56. The first-order valence-electron chi connectivity index (χ1n) is 9.78. The van der Waals surface area contributed by atoms with Crippen LogP contribution in [0.2, 0.25) is 0 Å². The van der Waals surface area contributed by atoms with Gasteiger partial charge in [-0.25, -0.2) is 0 Å². The Morgan fingerprint density at radius 1 is 1.18 bits per heavy atom. The van der Waals surface area contributed by atoms with Crippen LogP contribution in [-0.2, 0) is 12.0 Å². The Bertz CT molecular complexity index is 940. The number of benzene rings is 2. The van der Waals surface area contributed by atoms with Crippen molar-refractivity contribution < 1.29 is 19.3 Å². The number of nitrogens with zero attached hydrogens (tertiary/aromatic N) is 1. The van der Waals surface area contributed by atoms with Gasteiger partial charge in [0.2, 0.25) is 0 Å². The largest absolute Gasteiger partial charge is 0.497 e. The van der Waals surface area contributed by atoms with E-state index in [0.29, 0.717) is 6.42 Å².